The maximum absolute atomic E-state index is 12.1. The number of carbonyl (C=O) groups is 4. The minimum Gasteiger partial charge on any atom is -0.481 e. The molecule has 0 radical (unpaired) electrons. The van der Waals surface area contributed by atoms with Crippen molar-refractivity contribution in [2.45, 2.75) is 133 Å². The van der Waals surface area contributed by atoms with Crippen molar-refractivity contribution in [2.24, 2.45) is 0 Å². The third kappa shape index (κ3) is 11.3. The van der Waals surface area contributed by atoms with Crippen LogP contribution in [0.15, 0.2) is 61.7 Å². The number of carboxylic acids is 4. The maximum atomic E-state index is 12.1. The summed E-state index contributed by atoms with van der Waals surface area (Å²) in [6.45, 7) is 28.7. The molecule has 85 heavy (non-hydrogen) atoms. The summed E-state index contributed by atoms with van der Waals surface area (Å²) < 4.78 is 0. The second-order valence-corrected chi connectivity index (χ2v) is 22.7. The van der Waals surface area contributed by atoms with Gasteiger partial charge in [-0.25, -0.2) is 19.9 Å². The third-order valence-corrected chi connectivity index (χ3v) is 17.4. The molecule has 9 N–H and O–H groups in total. The number of aromatic amines is 4. The van der Waals surface area contributed by atoms with Gasteiger partial charge in [0.15, 0.2) is 0 Å². The van der Waals surface area contributed by atoms with Gasteiger partial charge in [0.1, 0.15) is 0 Å². The van der Waals surface area contributed by atoms with Crippen molar-refractivity contribution < 1.29 is 39.6 Å². The maximum Gasteiger partial charge on any atom is 0.303 e. The van der Waals surface area contributed by atoms with Crippen LogP contribution >= 0.6 is 0 Å². The number of aliphatic carboxylic acids is 4. The minimum atomic E-state index is -0.942. The molecule has 0 saturated heterocycles. The largest absolute Gasteiger partial charge is 0.481 e. The van der Waals surface area contributed by atoms with Gasteiger partial charge in [0.25, 0.3) is 0 Å². The number of allylic oxidation sites excluding steroid dienone is 7. The Morgan fingerprint density at radius 1 is 0.424 bits per heavy atom. The molecule has 17 heteroatoms. The Morgan fingerprint density at radius 3 is 1.29 bits per heavy atom. The fraction of sp³-hybridized carbons (Fsp3) is 0.294. The second-order valence-electron chi connectivity index (χ2n) is 22.7. The molecule has 2 atom stereocenters. The van der Waals surface area contributed by atoms with Crippen molar-refractivity contribution in [1.82, 2.24) is 45.2 Å². The molecule has 10 heterocycles. The second kappa shape index (κ2) is 23.3. The first-order valence-electron chi connectivity index (χ1n) is 28.7. The van der Waals surface area contributed by atoms with Crippen molar-refractivity contribution in [1.29, 1.82) is 0 Å². The normalized spacial score (nSPS) is 14.1. The molecular formula is C68H71N9O8. The monoisotopic (exact) mass is 1140 g/mol. The number of carboxylic acid groups (broad SMARTS) is 4. The third-order valence-electron chi connectivity index (χ3n) is 17.4. The predicted octanol–water partition coefficient (Wildman–Crippen LogP) is 14.5. The zero-order valence-electron chi connectivity index (χ0n) is 49.7. The van der Waals surface area contributed by atoms with Crippen LogP contribution in [0.1, 0.15) is 183 Å². The van der Waals surface area contributed by atoms with E-state index >= 15 is 0 Å². The molecule has 17 nitrogen and oxygen atoms in total. The summed E-state index contributed by atoms with van der Waals surface area (Å²) in [6, 6.07) is 15.2. The molecule has 0 aromatic carbocycles. The SMILES string of the molecule is C=Cc1c(C)c2cc3[nH]c(cc4nc(cc5nc(cc1[nH]2)C(C)=C5C(C)NC(C)c1c(C)c2cc5[nH]c(cc6nc(cc7nc(cc1[nH]2)C(C)=C7CCC(=O)O)C(CCC(=O)O)=C6C)c(C)c5C=C)C(C)=C4CCC(=O)O)c(CCC(=O)O)c3C. The minimum absolute atomic E-state index is 0.0839. The lowest BCUT2D eigenvalue weighted by Crippen LogP contribution is -2.30. The topological polar surface area (TPSA) is 276 Å². The Hall–Kier alpha value is -9.48. The highest BCUT2D eigenvalue weighted by atomic mass is 16.4. The van der Waals surface area contributed by atoms with Crippen LogP contribution in [0.25, 0.3) is 101 Å². The van der Waals surface area contributed by atoms with Crippen LogP contribution in [0.3, 0.4) is 0 Å². The lowest BCUT2D eigenvalue weighted by Gasteiger charge is -2.23. The number of nitrogens with zero attached hydrogens (tertiary/aromatic N) is 4. The molecule has 4 aliphatic heterocycles. The molecule has 436 valence electrons. The number of nitrogens with one attached hydrogen (secondary N) is 5. The number of fused-ring (bicyclic) bond motifs is 16. The van der Waals surface area contributed by atoms with Crippen LogP contribution in [-0.4, -0.2) is 90.2 Å². The molecular weight excluding hydrogens is 1070 g/mol. The Bertz CT molecular complexity index is 4420. The highest BCUT2D eigenvalue weighted by molar-refractivity contribution is 5.99. The molecule has 0 spiro atoms. The summed E-state index contributed by atoms with van der Waals surface area (Å²) in [5.41, 5.74) is 25.6. The average molecular weight is 1140 g/mol. The van der Waals surface area contributed by atoms with Crippen molar-refractivity contribution >= 4 is 125 Å². The van der Waals surface area contributed by atoms with Crippen LogP contribution in [0.5, 0.6) is 0 Å². The number of aryl methyl sites for hydroxylation is 5. The number of hydrogen-bond donors (Lipinski definition) is 9. The van der Waals surface area contributed by atoms with Gasteiger partial charge in [0.05, 0.1) is 45.6 Å². The fourth-order valence-corrected chi connectivity index (χ4v) is 12.7. The molecule has 0 saturated carbocycles. The van der Waals surface area contributed by atoms with Crippen LogP contribution < -0.4 is 5.32 Å². The van der Waals surface area contributed by atoms with E-state index in [1.807, 2.05) is 96.2 Å². The summed E-state index contributed by atoms with van der Waals surface area (Å²) in [5.74, 6) is -3.73. The van der Waals surface area contributed by atoms with E-state index in [1.165, 1.54) is 0 Å². The first kappa shape index (κ1) is 58.7. The van der Waals surface area contributed by atoms with Crippen LogP contribution in [0, 0.1) is 27.7 Å². The van der Waals surface area contributed by atoms with Gasteiger partial charge in [-0.15, -0.1) is 0 Å². The molecule has 4 aliphatic rings. The van der Waals surface area contributed by atoms with Gasteiger partial charge < -0.3 is 45.7 Å². The first-order chi connectivity index (χ1) is 40.4. The summed E-state index contributed by atoms with van der Waals surface area (Å²) in [5, 5.41) is 43.5. The number of hydrogen-bond acceptors (Lipinski definition) is 9. The van der Waals surface area contributed by atoms with Crippen LogP contribution in [0.4, 0.5) is 0 Å². The van der Waals surface area contributed by atoms with Gasteiger partial charge in [-0.3, -0.25) is 19.2 Å². The zero-order valence-corrected chi connectivity index (χ0v) is 49.7. The van der Waals surface area contributed by atoms with Crippen molar-refractivity contribution in [3.63, 3.8) is 0 Å². The molecule has 6 aromatic rings. The van der Waals surface area contributed by atoms with Gasteiger partial charge in [-0.1, -0.05) is 25.3 Å². The van der Waals surface area contributed by atoms with Crippen LogP contribution in [0.2, 0.25) is 0 Å². The van der Waals surface area contributed by atoms with E-state index in [0.29, 0.717) is 45.4 Å². The fourth-order valence-electron chi connectivity index (χ4n) is 12.7. The van der Waals surface area contributed by atoms with Gasteiger partial charge in [-0.2, -0.15) is 0 Å². The quantitative estimate of drug-likeness (QED) is 0.0388. The summed E-state index contributed by atoms with van der Waals surface area (Å²) >= 11 is 0. The zero-order chi connectivity index (χ0) is 61.0. The van der Waals surface area contributed by atoms with Gasteiger partial charge in [-0.05, 0) is 221 Å². The molecule has 0 fully saturated rings. The predicted molar refractivity (Wildman–Crippen MR) is 339 cm³/mol. The highest BCUT2D eigenvalue weighted by Gasteiger charge is 2.29. The van der Waals surface area contributed by atoms with Gasteiger partial charge in [0, 0.05) is 93.0 Å². The Kier molecular flexibility index (Phi) is 16.1. The Morgan fingerprint density at radius 2 is 0.776 bits per heavy atom. The standard InChI is InChI=1S/C68H71N9O8/c1-13-41-31(3)47-23-49-33(5)43(15-19-63(78)79)57(72-49)29-59-45(17-21-65(82)83)35(7)51(74-59)27-61-67(37(9)53(76-61)25-55(41)70-47)39(11)69-40(12)68-38(10)54-26-56-42(14-2)32(4)48(71-56)24-50-34(6)44(16-20-64(80)81)58(73-50)30-60-46(18-22-66(84)85)36(8)52(75-60)28-62(68)77-54/h13-14,23-30,39-40,69-72,77H,1-2,15-22H2,3-12H3,(H,78,79)(H,80,81)(H,82,83)(H,84,85). The molecule has 0 amide bonds. The van der Waals surface area contributed by atoms with E-state index in [2.05, 4.69) is 72.2 Å². The van der Waals surface area contributed by atoms with Crippen LogP contribution in [-0.2, 0) is 25.6 Å². The van der Waals surface area contributed by atoms with Gasteiger partial charge >= 0.3 is 23.9 Å². The highest BCUT2D eigenvalue weighted by Crippen LogP contribution is 2.42. The summed E-state index contributed by atoms with van der Waals surface area (Å²) in [7, 11) is 0. The lowest BCUT2D eigenvalue weighted by atomic mass is 9.96. The molecule has 10 rings (SSSR count). The van der Waals surface area contributed by atoms with Gasteiger partial charge in [0.2, 0.25) is 0 Å². The van der Waals surface area contributed by atoms with E-state index in [9.17, 15) is 39.6 Å². The lowest BCUT2D eigenvalue weighted by molar-refractivity contribution is -0.137. The average Bonchev–Trinajstić information content (AvgIpc) is 4.17. The van der Waals surface area contributed by atoms with Crippen molar-refractivity contribution in [3.05, 3.63) is 152 Å². The molecule has 2 unspecified atom stereocenters. The number of rotatable bonds is 18. The van der Waals surface area contributed by atoms with E-state index in [-0.39, 0.29) is 63.5 Å². The Balaban J connectivity index is 1.18. The number of H-pyrrole nitrogens is 4. The van der Waals surface area contributed by atoms with E-state index < -0.39 is 23.9 Å². The Labute approximate surface area is 491 Å². The first-order valence-corrected chi connectivity index (χ1v) is 28.7. The van der Waals surface area contributed by atoms with E-state index in [4.69, 9.17) is 19.9 Å². The number of aromatic nitrogens is 8. The molecule has 0 aliphatic carbocycles. The van der Waals surface area contributed by atoms with Crippen molar-refractivity contribution in [3.8, 4) is 0 Å². The molecule has 6 aromatic heterocycles. The summed E-state index contributed by atoms with van der Waals surface area (Å²) in [6.07, 6.45) is 4.18. The van der Waals surface area contributed by atoms with E-state index in [1.54, 1.807) is 0 Å². The van der Waals surface area contributed by atoms with E-state index in [0.717, 1.165) is 133 Å². The smallest absolute Gasteiger partial charge is 0.303 e. The summed E-state index contributed by atoms with van der Waals surface area (Å²) in [4.78, 5) is 83.8. The van der Waals surface area contributed by atoms with Crippen molar-refractivity contribution in [2.75, 3.05) is 0 Å². The molecule has 16 bridgehead atoms.